The van der Waals surface area contributed by atoms with E-state index in [1.165, 1.54) is 0 Å². The van der Waals surface area contributed by atoms with Gasteiger partial charge in [0.05, 0.1) is 5.02 Å². The van der Waals surface area contributed by atoms with Crippen molar-refractivity contribution in [2.75, 3.05) is 0 Å². The van der Waals surface area contributed by atoms with Gasteiger partial charge in [-0.15, -0.1) is 0 Å². The van der Waals surface area contributed by atoms with Crippen LogP contribution in [0.4, 0.5) is 0 Å². The standard InChI is InChI=1S/C22H19ClNO4P/c1-24-13-17(21-18(23)7-4-8-19(21)24)22(29(26,27)28)20(25)12-14-9-10-15-5-2-3-6-16(15)11-14/h2-11,13,22H,12H2,1H3,(H2,26,27,28). The number of carbonyl (C=O) groups is 1. The molecule has 0 aliphatic heterocycles. The lowest BCUT2D eigenvalue weighted by Crippen LogP contribution is -2.15. The molecule has 4 rings (SSSR count). The first-order chi connectivity index (χ1) is 13.8. The van der Waals surface area contributed by atoms with Gasteiger partial charge in [0.25, 0.3) is 0 Å². The zero-order valence-electron chi connectivity index (χ0n) is 15.6. The molecule has 4 aromatic rings. The number of hydrogen-bond acceptors (Lipinski definition) is 2. The molecule has 0 radical (unpaired) electrons. The summed E-state index contributed by atoms with van der Waals surface area (Å²) < 4.78 is 14.1. The van der Waals surface area contributed by atoms with Crippen LogP contribution >= 0.6 is 19.2 Å². The molecule has 29 heavy (non-hydrogen) atoms. The Morgan fingerprint density at radius 3 is 2.52 bits per heavy atom. The van der Waals surface area contributed by atoms with Crippen molar-refractivity contribution >= 4 is 46.7 Å². The fraction of sp³-hybridized carbons (Fsp3) is 0.136. The van der Waals surface area contributed by atoms with E-state index in [0.717, 1.165) is 10.8 Å². The number of carbonyl (C=O) groups excluding carboxylic acids is 1. The number of ketones is 1. The van der Waals surface area contributed by atoms with E-state index in [9.17, 15) is 19.1 Å². The van der Waals surface area contributed by atoms with E-state index in [2.05, 4.69) is 0 Å². The fourth-order valence-corrected chi connectivity index (χ4v) is 5.13. The molecule has 0 spiro atoms. The third kappa shape index (κ3) is 3.75. The maximum atomic E-state index is 13.1. The van der Waals surface area contributed by atoms with Crippen molar-refractivity contribution in [3.8, 4) is 0 Å². The SMILES string of the molecule is Cn1cc(C(C(=O)Cc2ccc3ccccc3c2)P(=O)(O)O)c2c(Cl)cccc21. The van der Waals surface area contributed by atoms with E-state index in [0.29, 0.717) is 21.5 Å². The monoisotopic (exact) mass is 427 g/mol. The second-order valence-electron chi connectivity index (χ2n) is 7.15. The summed E-state index contributed by atoms with van der Waals surface area (Å²) in [5.74, 6) is -0.541. The highest BCUT2D eigenvalue weighted by Crippen LogP contribution is 2.55. The van der Waals surface area contributed by atoms with E-state index >= 15 is 0 Å². The highest BCUT2D eigenvalue weighted by atomic mass is 35.5. The molecule has 148 valence electrons. The van der Waals surface area contributed by atoms with E-state index in [4.69, 9.17) is 11.6 Å². The van der Waals surface area contributed by atoms with Gasteiger partial charge in [-0.3, -0.25) is 9.36 Å². The number of nitrogens with zero attached hydrogens (tertiary/aromatic N) is 1. The van der Waals surface area contributed by atoms with Crippen molar-refractivity contribution in [3.63, 3.8) is 0 Å². The lowest BCUT2D eigenvalue weighted by atomic mass is 9.99. The van der Waals surface area contributed by atoms with Crippen molar-refractivity contribution in [1.82, 2.24) is 4.57 Å². The molecule has 0 fully saturated rings. The van der Waals surface area contributed by atoms with Crippen LogP contribution in [-0.4, -0.2) is 20.1 Å². The minimum Gasteiger partial charge on any atom is -0.350 e. The van der Waals surface area contributed by atoms with E-state index in [-0.39, 0.29) is 12.0 Å². The van der Waals surface area contributed by atoms with Crippen LogP contribution in [0.2, 0.25) is 5.02 Å². The number of fused-ring (bicyclic) bond motifs is 2. The molecule has 5 nitrogen and oxygen atoms in total. The quantitative estimate of drug-likeness (QED) is 0.438. The Bertz CT molecular complexity index is 1290. The van der Waals surface area contributed by atoms with Gasteiger partial charge in [0.2, 0.25) is 0 Å². The van der Waals surface area contributed by atoms with Crippen LogP contribution in [0.25, 0.3) is 21.7 Å². The summed E-state index contributed by atoms with van der Waals surface area (Å²) >= 11 is 6.32. The lowest BCUT2D eigenvalue weighted by Gasteiger charge is -2.17. The molecule has 0 bridgehead atoms. The van der Waals surface area contributed by atoms with Crippen molar-refractivity contribution in [3.05, 3.63) is 83.0 Å². The van der Waals surface area contributed by atoms with Gasteiger partial charge < -0.3 is 14.4 Å². The summed E-state index contributed by atoms with van der Waals surface area (Å²) in [6.45, 7) is 0. The number of rotatable bonds is 5. The average molecular weight is 428 g/mol. The number of halogens is 1. The van der Waals surface area contributed by atoms with Crippen molar-refractivity contribution in [2.24, 2.45) is 7.05 Å². The molecule has 0 saturated carbocycles. The van der Waals surface area contributed by atoms with Crippen LogP contribution in [0.3, 0.4) is 0 Å². The number of aryl methyl sites for hydroxylation is 1. The summed E-state index contributed by atoms with van der Waals surface area (Å²) in [7, 11) is -3.01. The van der Waals surface area contributed by atoms with E-state index < -0.39 is 19.0 Å². The Morgan fingerprint density at radius 1 is 1.07 bits per heavy atom. The van der Waals surface area contributed by atoms with Crippen molar-refractivity contribution < 1.29 is 19.1 Å². The smallest absolute Gasteiger partial charge is 0.340 e. The van der Waals surface area contributed by atoms with Gasteiger partial charge in [-0.1, -0.05) is 60.1 Å². The lowest BCUT2D eigenvalue weighted by molar-refractivity contribution is -0.118. The summed E-state index contributed by atoms with van der Waals surface area (Å²) in [5.41, 5.74) is 0.104. The molecule has 3 aromatic carbocycles. The highest BCUT2D eigenvalue weighted by Gasteiger charge is 2.39. The van der Waals surface area contributed by atoms with Gasteiger partial charge in [0.1, 0.15) is 5.66 Å². The van der Waals surface area contributed by atoms with Gasteiger partial charge in [0.15, 0.2) is 5.78 Å². The molecule has 0 saturated heterocycles. The third-order valence-corrected chi connectivity index (χ3v) is 6.67. The van der Waals surface area contributed by atoms with Gasteiger partial charge in [0, 0.05) is 36.1 Å². The van der Waals surface area contributed by atoms with Crippen molar-refractivity contribution in [2.45, 2.75) is 12.1 Å². The molecular formula is C22H19ClNO4P. The van der Waals surface area contributed by atoms with Gasteiger partial charge in [-0.05, 0) is 28.5 Å². The zero-order valence-corrected chi connectivity index (χ0v) is 17.3. The largest absolute Gasteiger partial charge is 0.350 e. The number of Topliss-reactive ketones (excluding diaryl/α,β-unsaturated/α-hetero) is 1. The minimum atomic E-state index is -4.77. The van der Waals surface area contributed by atoms with Gasteiger partial charge >= 0.3 is 7.60 Å². The predicted molar refractivity (Wildman–Crippen MR) is 115 cm³/mol. The second kappa shape index (κ2) is 7.43. The van der Waals surface area contributed by atoms with Crippen LogP contribution in [0.1, 0.15) is 16.8 Å². The third-order valence-electron chi connectivity index (χ3n) is 5.12. The molecular weight excluding hydrogens is 409 g/mol. The summed E-state index contributed by atoms with van der Waals surface area (Å²) in [5, 5.41) is 2.86. The molecule has 7 heteroatoms. The first-order valence-electron chi connectivity index (χ1n) is 9.05. The summed E-state index contributed by atoms with van der Waals surface area (Å²) in [6.07, 6.45) is 1.50. The first-order valence-corrected chi connectivity index (χ1v) is 11.1. The predicted octanol–water partition coefficient (Wildman–Crippen LogP) is 5.02. The van der Waals surface area contributed by atoms with Crippen LogP contribution in [0.15, 0.2) is 66.9 Å². The highest BCUT2D eigenvalue weighted by molar-refractivity contribution is 7.53. The summed E-state index contributed by atoms with van der Waals surface area (Å²) in [6, 6.07) is 18.6. The Morgan fingerprint density at radius 2 is 1.79 bits per heavy atom. The summed E-state index contributed by atoms with van der Waals surface area (Å²) in [4.78, 5) is 33.2. The second-order valence-corrected chi connectivity index (χ2v) is 9.25. The molecule has 1 aromatic heterocycles. The molecule has 2 N–H and O–H groups in total. The molecule has 0 aliphatic rings. The number of aromatic nitrogens is 1. The fourth-order valence-electron chi connectivity index (χ4n) is 3.83. The van der Waals surface area contributed by atoms with Gasteiger partial charge in [-0.2, -0.15) is 0 Å². The Kier molecular flexibility index (Phi) is 5.09. The van der Waals surface area contributed by atoms with Crippen LogP contribution in [-0.2, 0) is 22.8 Å². The topological polar surface area (TPSA) is 79.5 Å². The Hall–Kier alpha value is -2.43. The Balaban J connectivity index is 1.78. The van der Waals surface area contributed by atoms with Gasteiger partial charge in [-0.25, -0.2) is 0 Å². The van der Waals surface area contributed by atoms with Crippen LogP contribution in [0.5, 0.6) is 0 Å². The molecule has 0 amide bonds. The van der Waals surface area contributed by atoms with E-state index in [1.54, 1.807) is 36.0 Å². The molecule has 1 heterocycles. The van der Waals surface area contributed by atoms with Crippen LogP contribution in [0, 0.1) is 0 Å². The van der Waals surface area contributed by atoms with Crippen LogP contribution < -0.4 is 0 Å². The zero-order chi connectivity index (χ0) is 20.8. The first kappa shape index (κ1) is 19.9. The van der Waals surface area contributed by atoms with Crippen molar-refractivity contribution in [1.29, 1.82) is 0 Å². The number of benzene rings is 3. The average Bonchev–Trinajstić information content (AvgIpc) is 2.98. The minimum absolute atomic E-state index is 0.0819. The number of hydrogen-bond donors (Lipinski definition) is 2. The maximum absolute atomic E-state index is 13.1. The van der Waals surface area contributed by atoms with E-state index in [1.807, 2.05) is 42.5 Å². The normalized spacial score (nSPS) is 13.1. The Labute approximate surface area is 172 Å². The molecule has 1 unspecified atom stereocenters. The maximum Gasteiger partial charge on any atom is 0.340 e. The molecule has 1 atom stereocenters. The molecule has 0 aliphatic carbocycles.